The molecule has 2 N–H and O–H groups in total. The van der Waals surface area contributed by atoms with Gasteiger partial charge in [-0.1, -0.05) is 0 Å². The minimum Gasteiger partial charge on any atom is -0.396 e. The number of hydrogen-bond acceptors (Lipinski definition) is 4. The molecule has 0 heterocycles. The lowest BCUT2D eigenvalue weighted by Crippen LogP contribution is -2.52. The van der Waals surface area contributed by atoms with Crippen molar-refractivity contribution < 1.29 is 14.6 Å². The Balaban J connectivity index is 4.02. The van der Waals surface area contributed by atoms with E-state index >= 15 is 0 Å². The maximum Gasteiger partial charge on any atom is 0.0642 e. The summed E-state index contributed by atoms with van der Waals surface area (Å²) in [5.41, 5.74) is -0.181. The van der Waals surface area contributed by atoms with Crippen molar-refractivity contribution in [2.45, 2.75) is 38.8 Å². The molecule has 92 valence electrons. The maximum atomic E-state index is 8.99. The predicted molar refractivity (Wildman–Crippen MR) is 61.1 cm³/mol. The van der Waals surface area contributed by atoms with Crippen LogP contribution < -0.4 is 5.32 Å². The van der Waals surface area contributed by atoms with E-state index in [9.17, 15) is 0 Å². The summed E-state index contributed by atoms with van der Waals surface area (Å²) >= 11 is 0. The lowest BCUT2D eigenvalue weighted by atomic mass is 9.98. The summed E-state index contributed by atoms with van der Waals surface area (Å²) in [6, 6.07) is 0.261. The standard InChI is InChI=1S/C11H25NO3/c1-5-15-8-10(2)12-11(3,6-7-13)9-14-4/h10,12-13H,5-9H2,1-4H3. The van der Waals surface area contributed by atoms with Crippen molar-refractivity contribution in [3.63, 3.8) is 0 Å². The number of methoxy groups -OCH3 is 1. The Labute approximate surface area is 93.0 Å². The smallest absolute Gasteiger partial charge is 0.0642 e. The van der Waals surface area contributed by atoms with Crippen molar-refractivity contribution in [2.24, 2.45) is 0 Å². The number of aliphatic hydroxyl groups excluding tert-OH is 1. The second kappa shape index (κ2) is 8.05. The highest BCUT2D eigenvalue weighted by molar-refractivity contribution is 4.85. The van der Waals surface area contributed by atoms with E-state index in [1.165, 1.54) is 0 Å². The van der Waals surface area contributed by atoms with Gasteiger partial charge in [0.15, 0.2) is 0 Å². The molecule has 4 heteroatoms. The summed E-state index contributed by atoms with van der Waals surface area (Å²) in [5.74, 6) is 0. The Hall–Kier alpha value is -0.160. The third kappa shape index (κ3) is 6.84. The lowest BCUT2D eigenvalue weighted by Gasteiger charge is -2.32. The van der Waals surface area contributed by atoms with Gasteiger partial charge in [0.25, 0.3) is 0 Å². The summed E-state index contributed by atoms with van der Waals surface area (Å²) in [4.78, 5) is 0. The molecular formula is C11H25NO3. The van der Waals surface area contributed by atoms with Gasteiger partial charge < -0.3 is 19.9 Å². The molecule has 0 aliphatic carbocycles. The zero-order chi connectivity index (χ0) is 11.7. The highest BCUT2D eigenvalue weighted by atomic mass is 16.5. The van der Waals surface area contributed by atoms with Crippen LogP contribution in [-0.2, 0) is 9.47 Å². The van der Waals surface area contributed by atoms with Gasteiger partial charge in [0, 0.05) is 31.9 Å². The molecule has 0 aromatic carbocycles. The number of aliphatic hydroxyl groups is 1. The van der Waals surface area contributed by atoms with Crippen LogP contribution in [0.5, 0.6) is 0 Å². The van der Waals surface area contributed by atoms with E-state index in [4.69, 9.17) is 14.6 Å². The molecule has 0 saturated heterocycles. The van der Waals surface area contributed by atoms with Crippen molar-refractivity contribution in [1.82, 2.24) is 5.32 Å². The second-order valence-corrected chi connectivity index (χ2v) is 4.17. The Kier molecular flexibility index (Phi) is 7.96. The highest BCUT2D eigenvalue weighted by Crippen LogP contribution is 2.10. The molecule has 0 spiro atoms. The zero-order valence-electron chi connectivity index (χ0n) is 10.4. The topological polar surface area (TPSA) is 50.7 Å². The van der Waals surface area contributed by atoms with Crippen LogP contribution in [0.2, 0.25) is 0 Å². The summed E-state index contributed by atoms with van der Waals surface area (Å²) in [6.45, 7) is 8.26. The van der Waals surface area contributed by atoms with Gasteiger partial charge in [-0.25, -0.2) is 0 Å². The first-order chi connectivity index (χ1) is 7.08. The molecule has 0 rings (SSSR count). The van der Waals surface area contributed by atoms with Crippen molar-refractivity contribution in [1.29, 1.82) is 0 Å². The van der Waals surface area contributed by atoms with E-state index in [-0.39, 0.29) is 18.2 Å². The van der Waals surface area contributed by atoms with Crippen LogP contribution >= 0.6 is 0 Å². The average molecular weight is 219 g/mol. The number of ether oxygens (including phenoxy) is 2. The quantitative estimate of drug-likeness (QED) is 0.602. The minimum atomic E-state index is -0.181. The third-order valence-electron chi connectivity index (χ3n) is 2.29. The Morgan fingerprint density at radius 3 is 2.60 bits per heavy atom. The first-order valence-electron chi connectivity index (χ1n) is 5.53. The van der Waals surface area contributed by atoms with Gasteiger partial charge in [-0.2, -0.15) is 0 Å². The molecule has 0 aliphatic heterocycles. The van der Waals surface area contributed by atoms with E-state index in [0.29, 0.717) is 19.6 Å². The SMILES string of the molecule is CCOCC(C)NC(C)(CCO)COC. The van der Waals surface area contributed by atoms with E-state index in [1.54, 1.807) is 7.11 Å². The van der Waals surface area contributed by atoms with Crippen LogP contribution in [0.25, 0.3) is 0 Å². The fourth-order valence-electron chi connectivity index (χ4n) is 1.68. The molecular weight excluding hydrogens is 194 g/mol. The monoisotopic (exact) mass is 219 g/mol. The average Bonchev–Trinajstić information content (AvgIpc) is 2.15. The second-order valence-electron chi connectivity index (χ2n) is 4.17. The molecule has 0 aliphatic rings. The summed E-state index contributed by atoms with van der Waals surface area (Å²) < 4.78 is 10.5. The first kappa shape index (κ1) is 14.8. The Morgan fingerprint density at radius 2 is 2.13 bits per heavy atom. The molecule has 0 saturated carbocycles. The molecule has 0 aromatic rings. The molecule has 0 bridgehead atoms. The van der Waals surface area contributed by atoms with Gasteiger partial charge in [0.2, 0.25) is 0 Å². The summed E-state index contributed by atoms with van der Waals surface area (Å²) in [7, 11) is 1.67. The molecule has 0 radical (unpaired) electrons. The summed E-state index contributed by atoms with van der Waals surface area (Å²) in [6.07, 6.45) is 0.678. The third-order valence-corrected chi connectivity index (χ3v) is 2.29. The van der Waals surface area contributed by atoms with Crippen molar-refractivity contribution in [3.8, 4) is 0 Å². The first-order valence-corrected chi connectivity index (χ1v) is 5.53. The highest BCUT2D eigenvalue weighted by Gasteiger charge is 2.25. The van der Waals surface area contributed by atoms with Gasteiger partial charge in [-0.15, -0.1) is 0 Å². The van der Waals surface area contributed by atoms with Gasteiger partial charge in [-0.05, 0) is 27.2 Å². The lowest BCUT2D eigenvalue weighted by molar-refractivity contribution is 0.0685. The van der Waals surface area contributed by atoms with E-state index in [1.807, 2.05) is 6.92 Å². The molecule has 4 nitrogen and oxygen atoms in total. The minimum absolute atomic E-state index is 0.161. The van der Waals surface area contributed by atoms with Crippen LogP contribution in [0.15, 0.2) is 0 Å². The number of hydrogen-bond donors (Lipinski definition) is 2. The van der Waals surface area contributed by atoms with Crippen LogP contribution in [0.4, 0.5) is 0 Å². The predicted octanol–water partition coefficient (Wildman–Crippen LogP) is 0.788. The molecule has 2 unspecified atom stereocenters. The van der Waals surface area contributed by atoms with E-state index < -0.39 is 0 Å². The van der Waals surface area contributed by atoms with Crippen molar-refractivity contribution in [2.75, 3.05) is 33.5 Å². The maximum absolute atomic E-state index is 8.99. The van der Waals surface area contributed by atoms with E-state index in [0.717, 1.165) is 6.61 Å². The van der Waals surface area contributed by atoms with Crippen LogP contribution in [0.3, 0.4) is 0 Å². The molecule has 0 fully saturated rings. The van der Waals surface area contributed by atoms with Gasteiger partial charge in [0.05, 0.1) is 13.2 Å². The zero-order valence-corrected chi connectivity index (χ0v) is 10.4. The Bertz CT molecular complexity index is 147. The normalized spacial score (nSPS) is 17.4. The van der Waals surface area contributed by atoms with E-state index in [2.05, 4.69) is 19.2 Å². The largest absolute Gasteiger partial charge is 0.396 e. The van der Waals surface area contributed by atoms with Gasteiger partial charge in [0.1, 0.15) is 0 Å². The van der Waals surface area contributed by atoms with Crippen molar-refractivity contribution in [3.05, 3.63) is 0 Å². The van der Waals surface area contributed by atoms with Gasteiger partial charge >= 0.3 is 0 Å². The number of nitrogens with one attached hydrogen (secondary N) is 1. The molecule has 15 heavy (non-hydrogen) atoms. The fourth-order valence-corrected chi connectivity index (χ4v) is 1.68. The van der Waals surface area contributed by atoms with Gasteiger partial charge in [-0.3, -0.25) is 0 Å². The molecule has 0 amide bonds. The Morgan fingerprint density at radius 1 is 1.47 bits per heavy atom. The summed E-state index contributed by atoms with van der Waals surface area (Å²) in [5, 5.41) is 12.4. The fraction of sp³-hybridized carbons (Fsp3) is 1.00. The molecule has 2 atom stereocenters. The van der Waals surface area contributed by atoms with Crippen LogP contribution in [0, 0.1) is 0 Å². The number of rotatable bonds is 9. The van der Waals surface area contributed by atoms with Crippen molar-refractivity contribution >= 4 is 0 Å². The molecule has 0 aromatic heterocycles. The van der Waals surface area contributed by atoms with Crippen LogP contribution in [0.1, 0.15) is 27.2 Å². The van der Waals surface area contributed by atoms with Crippen LogP contribution in [-0.4, -0.2) is 50.2 Å².